The van der Waals surface area contributed by atoms with E-state index in [0.29, 0.717) is 17.0 Å². The third kappa shape index (κ3) is 7.58. The second kappa shape index (κ2) is 13.1. The molecule has 39 heavy (non-hydrogen) atoms. The summed E-state index contributed by atoms with van der Waals surface area (Å²) in [5.41, 5.74) is 1.58. The predicted molar refractivity (Wildman–Crippen MR) is 151 cm³/mol. The average Bonchev–Trinajstić information content (AvgIpc) is 2.91. The van der Waals surface area contributed by atoms with Crippen molar-refractivity contribution in [3.8, 4) is 0 Å². The molecule has 0 saturated carbocycles. The smallest absolute Gasteiger partial charge is 0.264 e. The first-order chi connectivity index (χ1) is 18.4. The highest BCUT2D eigenvalue weighted by atomic mass is 35.5. The van der Waals surface area contributed by atoms with E-state index in [-0.39, 0.29) is 29.1 Å². The molecule has 2 atom stereocenters. The zero-order valence-electron chi connectivity index (χ0n) is 22.4. The molecule has 0 radical (unpaired) electrons. The number of hydrogen-bond acceptors (Lipinski definition) is 4. The van der Waals surface area contributed by atoms with Crippen LogP contribution >= 0.6 is 11.6 Å². The van der Waals surface area contributed by atoms with Crippen molar-refractivity contribution in [2.75, 3.05) is 10.8 Å². The Bertz CT molecular complexity index is 1400. The van der Waals surface area contributed by atoms with Crippen LogP contribution in [0.25, 0.3) is 0 Å². The number of aryl methyl sites for hydroxylation is 1. The highest BCUT2D eigenvalue weighted by molar-refractivity contribution is 7.92. The fourth-order valence-corrected chi connectivity index (χ4v) is 5.44. The van der Waals surface area contributed by atoms with Gasteiger partial charge in [-0.15, -0.1) is 0 Å². The number of nitrogens with zero attached hydrogens (tertiary/aromatic N) is 2. The minimum atomic E-state index is -4.23. The molecule has 10 heteroatoms. The first-order valence-electron chi connectivity index (χ1n) is 12.6. The van der Waals surface area contributed by atoms with Crippen molar-refractivity contribution < 1.29 is 22.4 Å². The van der Waals surface area contributed by atoms with Crippen LogP contribution in [0, 0.1) is 12.7 Å². The van der Waals surface area contributed by atoms with Gasteiger partial charge in [-0.25, -0.2) is 12.8 Å². The maximum Gasteiger partial charge on any atom is 0.264 e. The van der Waals surface area contributed by atoms with E-state index >= 15 is 0 Å². The molecule has 0 heterocycles. The molecule has 0 aliphatic heterocycles. The average molecular weight is 574 g/mol. The molecule has 2 amide bonds. The number of benzene rings is 3. The van der Waals surface area contributed by atoms with E-state index in [1.165, 1.54) is 29.2 Å². The Morgan fingerprint density at radius 1 is 0.974 bits per heavy atom. The number of rotatable bonds is 11. The van der Waals surface area contributed by atoms with Gasteiger partial charge in [0, 0.05) is 17.6 Å². The Balaban J connectivity index is 2.03. The van der Waals surface area contributed by atoms with E-state index in [1.54, 1.807) is 43.3 Å². The highest BCUT2D eigenvalue weighted by Gasteiger charge is 2.33. The summed E-state index contributed by atoms with van der Waals surface area (Å²) in [7, 11) is -4.23. The quantitative estimate of drug-likeness (QED) is 0.337. The summed E-state index contributed by atoms with van der Waals surface area (Å²) in [5.74, 6) is -1.55. The number of carbonyl (C=O) groups is 2. The number of nitrogens with one attached hydrogen (secondary N) is 1. The topological polar surface area (TPSA) is 86.8 Å². The zero-order chi connectivity index (χ0) is 28.7. The number of amides is 2. The van der Waals surface area contributed by atoms with Gasteiger partial charge in [0.25, 0.3) is 10.0 Å². The fourth-order valence-electron chi connectivity index (χ4n) is 3.83. The number of carbonyl (C=O) groups excluding carboxylic acids is 2. The Hall–Kier alpha value is -3.43. The van der Waals surface area contributed by atoms with Crippen LogP contribution in [0.4, 0.5) is 10.1 Å². The molecule has 0 fully saturated rings. The van der Waals surface area contributed by atoms with E-state index in [9.17, 15) is 22.4 Å². The second-order valence-electron chi connectivity index (χ2n) is 9.41. The van der Waals surface area contributed by atoms with Crippen LogP contribution in [0.15, 0.2) is 77.7 Å². The van der Waals surface area contributed by atoms with Gasteiger partial charge >= 0.3 is 0 Å². The third-order valence-corrected chi connectivity index (χ3v) is 8.63. The van der Waals surface area contributed by atoms with Crippen molar-refractivity contribution in [2.24, 2.45) is 0 Å². The number of anilines is 1. The summed E-state index contributed by atoms with van der Waals surface area (Å²) in [6, 6.07) is 17.0. The van der Waals surface area contributed by atoms with Gasteiger partial charge < -0.3 is 10.2 Å². The lowest BCUT2D eigenvalue weighted by molar-refractivity contribution is -0.139. The summed E-state index contributed by atoms with van der Waals surface area (Å²) >= 11 is 6.37. The summed E-state index contributed by atoms with van der Waals surface area (Å²) in [6.45, 7) is 6.57. The third-order valence-electron chi connectivity index (χ3n) is 6.47. The van der Waals surface area contributed by atoms with Crippen LogP contribution in [0.5, 0.6) is 0 Å². The highest BCUT2D eigenvalue weighted by Crippen LogP contribution is 2.26. The molecule has 0 spiro atoms. The van der Waals surface area contributed by atoms with Gasteiger partial charge in [0.1, 0.15) is 18.4 Å². The predicted octanol–water partition coefficient (Wildman–Crippen LogP) is 5.31. The van der Waals surface area contributed by atoms with Crippen molar-refractivity contribution in [2.45, 2.75) is 57.6 Å². The minimum Gasteiger partial charge on any atom is -0.352 e. The van der Waals surface area contributed by atoms with E-state index in [1.807, 2.05) is 20.8 Å². The van der Waals surface area contributed by atoms with E-state index in [0.717, 1.165) is 22.0 Å². The molecule has 0 aliphatic carbocycles. The van der Waals surface area contributed by atoms with Gasteiger partial charge in [-0.3, -0.25) is 13.9 Å². The fraction of sp³-hybridized carbons (Fsp3) is 0.310. The summed E-state index contributed by atoms with van der Waals surface area (Å²) < 4.78 is 42.1. The van der Waals surface area contributed by atoms with E-state index < -0.39 is 34.3 Å². The molecular weight excluding hydrogens is 541 g/mol. The first kappa shape index (κ1) is 30.1. The molecule has 3 aromatic carbocycles. The Labute approximate surface area is 234 Å². The van der Waals surface area contributed by atoms with Crippen LogP contribution in [-0.2, 0) is 26.2 Å². The van der Waals surface area contributed by atoms with Gasteiger partial charge in [-0.05, 0) is 75.2 Å². The van der Waals surface area contributed by atoms with Gasteiger partial charge in [0.05, 0.1) is 10.6 Å². The molecule has 0 saturated heterocycles. The molecule has 0 aromatic heterocycles. The maximum absolute atomic E-state index is 13.9. The van der Waals surface area contributed by atoms with Gasteiger partial charge in [-0.2, -0.15) is 0 Å². The van der Waals surface area contributed by atoms with Crippen LogP contribution in [-0.4, -0.2) is 43.8 Å². The lowest BCUT2D eigenvalue weighted by Gasteiger charge is -2.32. The van der Waals surface area contributed by atoms with E-state index in [4.69, 9.17) is 11.6 Å². The van der Waals surface area contributed by atoms with Crippen LogP contribution in [0.2, 0.25) is 5.02 Å². The zero-order valence-corrected chi connectivity index (χ0v) is 24.0. The normalized spacial score (nSPS) is 12.9. The van der Waals surface area contributed by atoms with Crippen molar-refractivity contribution in [1.82, 2.24) is 10.2 Å². The first-order valence-corrected chi connectivity index (χ1v) is 14.4. The Morgan fingerprint density at radius 3 is 2.18 bits per heavy atom. The Morgan fingerprint density at radius 2 is 1.59 bits per heavy atom. The van der Waals surface area contributed by atoms with Crippen molar-refractivity contribution in [1.29, 1.82) is 0 Å². The summed E-state index contributed by atoms with van der Waals surface area (Å²) in [5, 5.41) is 3.29. The number of halogens is 2. The van der Waals surface area contributed by atoms with Crippen molar-refractivity contribution in [3.05, 3.63) is 94.8 Å². The molecule has 0 unspecified atom stereocenters. The largest absolute Gasteiger partial charge is 0.352 e. The van der Waals surface area contributed by atoms with Crippen LogP contribution < -0.4 is 9.62 Å². The maximum atomic E-state index is 13.9. The Kier molecular flexibility index (Phi) is 10.1. The molecular formula is C29H33ClFN3O4S. The van der Waals surface area contributed by atoms with Gasteiger partial charge in [0.2, 0.25) is 11.8 Å². The van der Waals surface area contributed by atoms with Crippen LogP contribution in [0.3, 0.4) is 0 Å². The number of hydrogen-bond donors (Lipinski definition) is 1. The van der Waals surface area contributed by atoms with Crippen LogP contribution in [0.1, 0.15) is 38.3 Å². The molecule has 0 bridgehead atoms. The molecule has 1 N–H and O–H groups in total. The lowest BCUT2D eigenvalue weighted by atomic mass is 10.1. The molecule has 3 rings (SSSR count). The molecule has 208 valence electrons. The lowest BCUT2D eigenvalue weighted by Crippen LogP contribution is -2.52. The summed E-state index contributed by atoms with van der Waals surface area (Å²) in [6.07, 6.45) is 0.698. The minimum absolute atomic E-state index is 0.0184. The van der Waals surface area contributed by atoms with Crippen molar-refractivity contribution >= 4 is 39.1 Å². The van der Waals surface area contributed by atoms with E-state index in [2.05, 4.69) is 5.32 Å². The molecule has 7 nitrogen and oxygen atoms in total. The summed E-state index contributed by atoms with van der Waals surface area (Å²) in [4.78, 5) is 28.2. The molecule has 0 aliphatic rings. The monoisotopic (exact) mass is 573 g/mol. The van der Waals surface area contributed by atoms with Gasteiger partial charge in [0.15, 0.2) is 0 Å². The molecule has 3 aromatic rings. The standard InChI is InChI=1S/C29H33ClFN3O4S/c1-5-21(3)32-29(36)22(4)33(18-23-8-6-7-9-27(23)30)28(35)19-34(25-14-12-24(31)13-15-25)39(37,38)26-16-10-20(2)11-17-26/h6-17,21-22H,5,18-19H2,1-4H3,(H,32,36)/t21-,22-/m1/s1. The second-order valence-corrected chi connectivity index (χ2v) is 11.7. The van der Waals surface area contributed by atoms with Crippen molar-refractivity contribution in [3.63, 3.8) is 0 Å². The SMILES string of the molecule is CC[C@@H](C)NC(=O)[C@@H](C)N(Cc1ccccc1Cl)C(=O)CN(c1ccc(F)cc1)S(=O)(=O)c1ccc(C)cc1. The van der Waals surface area contributed by atoms with Gasteiger partial charge in [-0.1, -0.05) is 54.4 Å². The number of sulfonamides is 1.